The number of nitrogens with one attached hydrogen (secondary N) is 1. The van der Waals surface area contributed by atoms with Gasteiger partial charge in [0.1, 0.15) is 17.4 Å². The summed E-state index contributed by atoms with van der Waals surface area (Å²) in [6.07, 6.45) is 1.34. The Kier molecular flexibility index (Phi) is 9.36. The number of carbonyl (C=O) groups is 2. The second kappa shape index (κ2) is 12.0. The number of esters is 1. The molecule has 1 amide bonds. The molecule has 0 fully saturated rings. The Labute approximate surface area is 199 Å². The highest BCUT2D eigenvalue weighted by atomic mass is 32.2. The second-order valence-corrected chi connectivity index (χ2v) is 9.04. The largest absolute Gasteiger partial charge is 0.497 e. The summed E-state index contributed by atoms with van der Waals surface area (Å²) in [5.74, 6) is -1.01. The van der Waals surface area contributed by atoms with Gasteiger partial charge in [-0.15, -0.1) is 0 Å². The molecule has 1 N–H and O–H groups in total. The minimum Gasteiger partial charge on any atom is -0.497 e. The minimum absolute atomic E-state index is 0.0835. The number of benzene rings is 2. The molecule has 0 aliphatic heterocycles. The van der Waals surface area contributed by atoms with Crippen LogP contribution in [0.25, 0.3) is 6.08 Å². The zero-order valence-corrected chi connectivity index (χ0v) is 20.3. The van der Waals surface area contributed by atoms with Gasteiger partial charge in [-0.1, -0.05) is 32.0 Å². The van der Waals surface area contributed by atoms with Gasteiger partial charge < -0.3 is 14.8 Å². The predicted molar refractivity (Wildman–Crippen MR) is 127 cm³/mol. The number of hydrogen-bond acceptors (Lipinski definition) is 7. The van der Waals surface area contributed by atoms with E-state index in [9.17, 15) is 23.3 Å². The van der Waals surface area contributed by atoms with Crippen molar-refractivity contribution in [3.05, 3.63) is 59.2 Å². The molecule has 9 nitrogen and oxygen atoms in total. The van der Waals surface area contributed by atoms with E-state index in [1.807, 2.05) is 0 Å². The van der Waals surface area contributed by atoms with Gasteiger partial charge in [0.15, 0.2) is 6.61 Å². The quantitative estimate of drug-likeness (QED) is 0.311. The summed E-state index contributed by atoms with van der Waals surface area (Å²) >= 11 is 0. The van der Waals surface area contributed by atoms with E-state index in [4.69, 9.17) is 9.47 Å². The van der Waals surface area contributed by atoms with Gasteiger partial charge in [-0.25, -0.2) is 13.2 Å². The average Bonchev–Trinajstić information content (AvgIpc) is 2.83. The molecule has 10 heteroatoms. The van der Waals surface area contributed by atoms with E-state index in [0.29, 0.717) is 30.0 Å². The maximum absolute atomic E-state index is 12.9. The maximum atomic E-state index is 12.9. The van der Waals surface area contributed by atoms with Gasteiger partial charge in [0.25, 0.3) is 5.91 Å². The number of anilines is 1. The van der Waals surface area contributed by atoms with Crippen LogP contribution in [0.4, 0.5) is 5.69 Å². The molecule has 0 unspecified atom stereocenters. The molecular weight excluding hydrogens is 458 g/mol. The molecule has 0 spiro atoms. The fourth-order valence-electron chi connectivity index (χ4n) is 3.07. The Morgan fingerprint density at radius 1 is 1.12 bits per heavy atom. The topological polar surface area (TPSA) is 126 Å². The number of nitriles is 1. The molecule has 0 atom stereocenters. The molecule has 2 aromatic rings. The first-order chi connectivity index (χ1) is 16.2. The molecule has 34 heavy (non-hydrogen) atoms. The monoisotopic (exact) mass is 485 g/mol. The van der Waals surface area contributed by atoms with Gasteiger partial charge in [-0.05, 0) is 48.4 Å². The van der Waals surface area contributed by atoms with Crippen molar-refractivity contribution < 1.29 is 27.5 Å². The van der Waals surface area contributed by atoms with E-state index in [2.05, 4.69) is 5.32 Å². The molecule has 0 aromatic heterocycles. The lowest BCUT2D eigenvalue weighted by molar-refractivity contribution is -0.142. The van der Waals surface area contributed by atoms with Crippen molar-refractivity contribution in [2.24, 2.45) is 0 Å². The van der Waals surface area contributed by atoms with Crippen molar-refractivity contribution in [1.29, 1.82) is 5.26 Å². The summed E-state index contributed by atoms with van der Waals surface area (Å²) in [6.45, 7) is 5.14. The SMILES string of the molecule is CCN(CC)S(=O)(=O)c1cc(NC(=O)COC(=O)/C(C#N)=C/c2ccc(OC)cc2)ccc1C. The van der Waals surface area contributed by atoms with Crippen LogP contribution in [-0.2, 0) is 24.3 Å². The van der Waals surface area contributed by atoms with Crippen LogP contribution in [0.1, 0.15) is 25.0 Å². The van der Waals surface area contributed by atoms with Crippen LogP contribution >= 0.6 is 0 Å². The third-order valence-electron chi connectivity index (χ3n) is 4.90. The highest BCUT2D eigenvalue weighted by Crippen LogP contribution is 2.23. The molecule has 0 saturated heterocycles. The van der Waals surface area contributed by atoms with Gasteiger partial charge in [0, 0.05) is 18.8 Å². The fourth-order valence-corrected chi connectivity index (χ4v) is 4.78. The summed E-state index contributed by atoms with van der Waals surface area (Å²) in [4.78, 5) is 24.6. The van der Waals surface area contributed by atoms with E-state index in [-0.39, 0.29) is 16.2 Å². The fraction of sp³-hybridized carbons (Fsp3) is 0.292. The Balaban J connectivity index is 2.07. The number of amides is 1. The first-order valence-corrected chi connectivity index (χ1v) is 11.9. The zero-order chi connectivity index (χ0) is 25.3. The Hall–Kier alpha value is -3.68. The van der Waals surface area contributed by atoms with Crippen molar-refractivity contribution >= 4 is 33.7 Å². The Morgan fingerprint density at radius 3 is 2.32 bits per heavy atom. The van der Waals surface area contributed by atoms with Gasteiger partial charge in [0.05, 0.1) is 12.0 Å². The summed E-state index contributed by atoms with van der Waals surface area (Å²) in [7, 11) is -2.20. The molecular formula is C24H27N3O6S. The van der Waals surface area contributed by atoms with Crippen molar-refractivity contribution in [2.45, 2.75) is 25.7 Å². The molecule has 0 bridgehead atoms. The highest BCUT2D eigenvalue weighted by molar-refractivity contribution is 7.89. The van der Waals surface area contributed by atoms with Crippen LogP contribution in [0.15, 0.2) is 52.9 Å². The van der Waals surface area contributed by atoms with Gasteiger partial charge in [0.2, 0.25) is 10.0 Å². The second-order valence-electron chi connectivity index (χ2n) is 7.14. The Bertz CT molecular complexity index is 1210. The van der Waals surface area contributed by atoms with Crippen LogP contribution in [-0.4, -0.2) is 51.4 Å². The number of aryl methyl sites for hydroxylation is 1. The number of sulfonamides is 1. The normalized spacial score (nSPS) is 11.6. The molecule has 0 heterocycles. The Morgan fingerprint density at radius 2 is 1.76 bits per heavy atom. The van der Waals surface area contributed by atoms with Gasteiger partial charge in [-0.2, -0.15) is 9.57 Å². The van der Waals surface area contributed by atoms with Crippen LogP contribution in [0.5, 0.6) is 5.75 Å². The maximum Gasteiger partial charge on any atom is 0.349 e. The smallest absolute Gasteiger partial charge is 0.349 e. The number of methoxy groups -OCH3 is 1. The number of carbonyl (C=O) groups excluding carboxylic acids is 2. The van der Waals surface area contributed by atoms with E-state index in [1.165, 1.54) is 23.6 Å². The first kappa shape index (κ1) is 26.6. The predicted octanol–water partition coefficient (Wildman–Crippen LogP) is 3.12. The molecule has 0 radical (unpaired) electrons. The third-order valence-corrected chi connectivity index (χ3v) is 7.09. The van der Waals surface area contributed by atoms with Crippen molar-refractivity contribution in [3.8, 4) is 11.8 Å². The summed E-state index contributed by atoms with van der Waals surface area (Å²) in [6, 6.07) is 12.9. The van der Waals surface area contributed by atoms with Crippen LogP contribution < -0.4 is 10.1 Å². The van der Waals surface area contributed by atoms with E-state index in [0.717, 1.165) is 0 Å². The van der Waals surface area contributed by atoms with Crippen LogP contribution in [0.3, 0.4) is 0 Å². The van der Waals surface area contributed by atoms with E-state index in [1.54, 1.807) is 63.2 Å². The van der Waals surface area contributed by atoms with E-state index < -0.39 is 28.5 Å². The first-order valence-electron chi connectivity index (χ1n) is 10.5. The molecule has 0 saturated carbocycles. The molecule has 2 rings (SSSR count). The summed E-state index contributed by atoms with van der Waals surface area (Å²) in [5.41, 5.74) is 1.09. The zero-order valence-electron chi connectivity index (χ0n) is 19.5. The molecule has 0 aliphatic rings. The number of nitrogens with zero attached hydrogens (tertiary/aromatic N) is 2. The van der Waals surface area contributed by atoms with Crippen molar-refractivity contribution in [2.75, 3.05) is 32.1 Å². The third kappa shape index (κ3) is 6.66. The van der Waals surface area contributed by atoms with Gasteiger partial charge in [-0.3, -0.25) is 4.79 Å². The minimum atomic E-state index is -3.72. The van der Waals surface area contributed by atoms with Crippen molar-refractivity contribution in [3.63, 3.8) is 0 Å². The molecule has 0 aliphatic carbocycles. The van der Waals surface area contributed by atoms with Gasteiger partial charge >= 0.3 is 5.97 Å². The number of rotatable bonds is 10. The highest BCUT2D eigenvalue weighted by Gasteiger charge is 2.24. The summed E-state index contributed by atoms with van der Waals surface area (Å²) < 4.78 is 37.1. The lowest BCUT2D eigenvalue weighted by Crippen LogP contribution is -2.31. The molecule has 180 valence electrons. The lowest BCUT2D eigenvalue weighted by Gasteiger charge is -2.20. The lowest BCUT2D eigenvalue weighted by atomic mass is 10.1. The van der Waals surface area contributed by atoms with Crippen molar-refractivity contribution in [1.82, 2.24) is 4.31 Å². The van der Waals surface area contributed by atoms with E-state index >= 15 is 0 Å². The average molecular weight is 486 g/mol. The summed E-state index contributed by atoms with van der Waals surface area (Å²) in [5, 5.41) is 11.8. The van der Waals surface area contributed by atoms with Crippen LogP contribution in [0.2, 0.25) is 0 Å². The van der Waals surface area contributed by atoms with Crippen LogP contribution in [0, 0.1) is 18.3 Å². The standard InChI is InChI=1S/C24H27N3O6S/c1-5-27(6-2)34(30,31)22-14-20(10-7-17(22)3)26-23(28)16-33-24(29)19(15-25)13-18-8-11-21(32-4)12-9-18/h7-14H,5-6,16H2,1-4H3,(H,26,28)/b19-13+. The number of ether oxygens (including phenoxy) is 2. The number of hydrogen-bond donors (Lipinski definition) is 1. The molecule has 2 aromatic carbocycles.